The van der Waals surface area contributed by atoms with E-state index in [4.69, 9.17) is 27.7 Å². The van der Waals surface area contributed by atoms with Crippen LogP contribution in [-0.4, -0.2) is 24.1 Å². The molecule has 0 aliphatic heterocycles. The van der Waals surface area contributed by atoms with Gasteiger partial charge in [0.15, 0.2) is 5.01 Å². The largest absolute Gasteiger partial charge is 0.475 e. The quantitative estimate of drug-likeness (QED) is 0.578. The zero-order valence-corrected chi connectivity index (χ0v) is 10.4. The highest BCUT2D eigenvalue weighted by atomic mass is 79.9. The van der Waals surface area contributed by atoms with Crippen LogP contribution in [0.3, 0.4) is 0 Å². The molecule has 1 unspecified atom stereocenters. The standard InChI is InChI=1S/C4H8BrCl2O4P/c1-9-12(8,10-2)11-3(5)4(6)7/h3-4H,1-2H3. The van der Waals surface area contributed by atoms with Gasteiger partial charge in [0, 0.05) is 14.2 Å². The number of phosphoric ester groups is 1. The van der Waals surface area contributed by atoms with Crippen molar-refractivity contribution in [2.24, 2.45) is 0 Å². The van der Waals surface area contributed by atoms with E-state index in [0.717, 1.165) is 0 Å². The van der Waals surface area contributed by atoms with Crippen molar-refractivity contribution in [2.75, 3.05) is 14.2 Å². The molecule has 0 aromatic carbocycles. The van der Waals surface area contributed by atoms with Gasteiger partial charge >= 0.3 is 7.82 Å². The second kappa shape index (κ2) is 5.81. The summed E-state index contributed by atoms with van der Waals surface area (Å²) in [6.07, 6.45) is 0. The minimum absolute atomic E-state index is 0.799. The van der Waals surface area contributed by atoms with Crippen LogP contribution in [0.25, 0.3) is 0 Å². The molecule has 0 heterocycles. The Morgan fingerprint density at radius 2 is 1.75 bits per heavy atom. The molecule has 0 saturated carbocycles. The Balaban J connectivity index is 4.12. The van der Waals surface area contributed by atoms with Crippen molar-refractivity contribution in [3.8, 4) is 0 Å². The van der Waals surface area contributed by atoms with Crippen LogP contribution in [0, 0.1) is 0 Å². The normalized spacial score (nSPS) is 15.2. The molecule has 74 valence electrons. The highest BCUT2D eigenvalue weighted by Crippen LogP contribution is 2.50. The Kier molecular flexibility index (Phi) is 6.37. The van der Waals surface area contributed by atoms with Crippen molar-refractivity contribution >= 4 is 47.0 Å². The highest BCUT2D eigenvalue weighted by molar-refractivity contribution is 9.09. The second-order valence-corrected chi connectivity index (χ2v) is 5.51. The van der Waals surface area contributed by atoms with E-state index in [0.29, 0.717) is 0 Å². The third kappa shape index (κ3) is 4.42. The fourth-order valence-electron chi connectivity index (χ4n) is 0.330. The fraction of sp³-hybridized carbons (Fsp3) is 1.00. The number of hydrogen-bond donors (Lipinski definition) is 0. The molecule has 0 aliphatic carbocycles. The number of phosphoric acid groups is 1. The third-order valence-electron chi connectivity index (χ3n) is 0.875. The predicted molar refractivity (Wildman–Crippen MR) is 50.9 cm³/mol. The van der Waals surface area contributed by atoms with Gasteiger partial charge in [-0.2, -0.15) is 0 Å². The van der Waals surface area contributed by atoms with E-state index in [1.807, 2.05) is 0 Å². The summed E-state index contributed by atoms with van der Waals surface area (Å²) in [5.41, 5.74) is 0. The van der Waals surface area contributed by atoms with Crippen molar-refractivity contribution in [2.45, 2.75) is 9.85 Å². The molecule has 0 saturated heterocycles. The second-order valence-electron chi connectivity index (χ2n) is 1.60. The molecule has 0 aliphatic rings. The van der Waals surface area contributed by atoms with E-state index in [9.17, 15) is 4.57 Å². The van der Waals surface area contributed by atoms with Crippen molar-refractivity contribution in [1.29, 1.82) is 0 Å². The van der Waals surface area contributed by atoms with Crippen LogP contribution in [0.1, 0.15) is 0 Å². The van der Waals surface area contributed by atoms with Gasteiger partial charge in [-0.15, -0.1) is 23.2 Å². The van der Waals surface area contributed by atoms with Gasteiger partial charge in [0.05, 0.1) is 0 Å². The minimum Gasteiger partial charge on any atom is -0.290 e. The van der Waals surface area contributed by atoms with Crippen LogP contribution in [-0.2, 0) is 18.1 Å². The average molecular weight is 302 g/mol. The molecule has 1 atom stereocenters. The minimum atomic E-state index is -3.51. The van der Waals surface area contributed by atoms with Gasteiger partial charge in [0.2, 0.25) is 0 Å². The van der Waals surface area contributed by atoms with Gasteiger partial charge < -0.3 is 0 Å². The van der Waals surface area contributed by atoms with E-state index < -0.39 is 17.7 Å². The molecular weight excluding hydrogens is 294 g/mol. The first kappa shape index (κ1) is 13.2. The van der Waals surface area contributed by atoms with E-state index >= 15 is 0 Å². The van der Waals surface area contributed by atoms with Gasteiger partial charge in [-0.05, 0) is 0 Å². The summed E-state index contributed by atoms with van der Waals surface area (Å²) in [7, 11) is -1.12. The van der Waals surface area contributed by atoms with Gasteiger partial charge in [-0.1, -0.05) is 15.9 Å². The topological polar surface area (TPSA) is 44.8 Å². The van der Waals surface area contributed by atoms with Gasteiger partial charge in [0.1, 0.15) is 4.84 Å². The van der Waals surface area contributed by atoms with Crippen LogP contribution in [0.2, 0.25) is 0 Å². The number of rotatable bonds is 5. The summed E-state index contributed by atoms with van der Waals surface area (Å²) < 4.78 is 25.0. The molecule has 0 N–H and O–H groups in total. The Hall–Kier alpha value is 1.17. The van der Waals surface area contributed by atoms with Crippen molar-refractivity contribution < 1.29 is 18.1 Å². The number of halogens is 3. The van der Waals surface area contributed by atoms with E-state index in [1.54, 1.807) is 0 Å². The molecule has 0 fully saturated rings. The number of alkyl halides is 3. The molecule has 0 amide bonds. The lowest BCUT2D eigenvalue weighted by Crippen LogP contribution is -2.12. The highest BCUT2D eigenvalue weighted by Gasteiger charge is 2.29. The summed E-state index contributed by atoms with van der Waals surface area (Å²) in [6, 6.07) is 0. The van der Waals surface area contributed by atoms with Gasteiger partial charge in [-0.3, -0.25) is 13.6 Å². The van der Waals surface area contributed by atoms with E-state index in [2.05, 4.69) is 25.0 Å². The third-order valence-corrected chi connectivity index (χ3v) is 4.33. The molecule has 8 heteroatoms. The molecule has 0 aromatic heterocycles. The summed E-state index contributed by atoms with van der Waals surface area (Å²) in [5.74, 6) is 0. The first-order valence-electron chi connectivity index (χ1n) is 2.77. The van der Waals surface area contributed by atoms with Gasteiger partial charge in [0.25, 0.3) is 0 Å². The molecule has 0 aromatic rings. The molecule has 0 spiro atoms. The Bertz CT molecular complexity index is 170. The summed E-state index contributed by atoms with van der Waals surface area (Å²) >= 11 is 13.8. The Labute approximate surface area is 89.2 Å². The van der Waals surface area contributed by atoms with Crippen molar-refractivity contribution in [1.82, 2.24) is 0 Å². The molecular formula is C4H8BrCl2O4P. The SMILES string of the molecule is COP(=O)(OC)OC(Br)C(Cl)Cl. The van der Waals surface area contributed by atoms with Crippen molar-refractivity contribution in [3.63, 3.8) is 0 Å². The smallest absolute Gasteiger partial charge is 0.290 e. The zero-order valence-electron chi connectivity index (χ0n) is 6.37. The maximum absolute atomic E-state index is 11.3. The lowest BCUT2D eigenvalue weighted by Gasteiger charge is -2.17. The van der Waals surface area contributed by atoms with E-state index in [-0.39, 0.29) is 0 Å². The van der Waals surface area contributed by atoms with Crippen LogP contribution >= 0.6 is 47.0 Å². The first-order chi connectivity index (χ1) is 5.45. The molecule has 0 bridgehead atoms. The lowest BCUT2D eigenvalue weighted by atomic mass is 10.9. The summed E-state index contributed by atoms with van der Waals surface area (Å²) in [5, 5.41) is -0.799. The first-order valence-corrected chi connectivity index (χ1v) is 6.02. The fourth-order valence-corrected chi connectivity index (χ4v) is 1.88. The van der Waals surface area contributed by atoms with Gasteiger partial charge in [-0.25, -0.2) is 4.57 Å². The van der Waals surface area contributed by atoms with Crippen molar-refractivity contribution in [3.05, 3.63) is 0 Å². The Morgan fingerprint density at radius 3 is 2.00 bits per heavy atom. The maximum atomic E-state index is 11.3. The predicted octanol–water partition coefficient (Wildman–Crippen LogP) is 2.93. The molecule has 0 rings (SSSR count). The molecule has 4 nitrogen and oxygen atoms in total. The summed E-state index contributed by atoms with van der Waals surface area (Å²) in [4.78, 5) is -0.858. The van der Waals surface area contributed by atoms with Crippen LogP contribution < -0.4 is 0 Å². The van der Waals surface area contributed by atoms with E-state index in [1.165, 1.54) is 14.2 Å². The summed E-state index contributed by atoms with van der Waals surface area (Å²) in [6.45, 7) is 0. The molecule has 12 heavy (non-hydrogen) atoms. The monoisotopic (exact) mass is 300 g/mol. The molecule has 0 radical (unpaired) electrons. The lowest BCUT2D eigenvalue weighted by molar-refractivity contribution is 0.148. The van der Waals surface area contributed by atoms with Crippen LogP contribution in [0.5, 0.6) is 0 Å². The van der Waals surface area contributed by atoms with Crippen LogP contribution in [0.4, 0.5) is 0 Å². The Morgan fingerprint density at radius 1 is 1.33 bits per heavy atom. The number of hydrogen-bond acceptors (Lipinski definition) is 4. The average Bonchev–Trinajstić information content (AvgIpc) is 2.04. The zero-order chi connectivity index (χ0) is 9.78. The van der Waals surface area contributed by atoms with Crippen LogP contribution in [0.15, 0.2) is 0 Å². The maximum Gasteiger partial charge on any atom is 0.475 e.